The number of methoxy groups -OCH3 is 1. The largest absolute Gasteiger partial charge is 0.497 e. The monoisotopic (exact) mass is 350 g/mol. The van der Waals surface area contributed by atoms with E-state index in [1.54, 1.807) is 7.11 Å². The van der Waals surface area contributed by atoms with Gasteiger partial charge < -0.3 is 15.8 Å². The van der Waals surface area contributed by atoms with Crippen LogP contribution in [0, 0.1) is 0 Å². The molecule has 0 saturated carbocycles. The van der Waals surface area contributed by atoms with Crippen LogP contribution in [-0.4, -0.2) is 34.0 Å². The standard InChI is InChI=1S/C19H22N6O/c1-25(12-14-7-4-3-5-8-14)13-17-22-18(20)24-19(23-17)21-15-9-6-10-16(11-15)26-2/h3-11H,12-13H2,1-2H3,(H3,20,21,22,23,24). The van der Waals surface area contributed by atoms with Gasteiger partial charge in [0.25, 0.3) is 0 Å². The summed E-state index contributed by atoms with van der Waals surface area (Å²) in [6, 6.07) is 17.8. The molecule has 1 heterocycles. The normalized spacial score (nSPS) is 10.7. The predicted octanol–water partition coefficient (Wildman–Crippen LogP) is 2.84. The van der Waals surface area contributed by atoms with E-state index in [-0.39, 0.29) is 5.95 Å². The Hall–Kier alpha value is -3.19. The number of anilines is 3. The van der Waals surface area contributed by atoms with Crippen LogP contribution in [0.5, 0.6) is 5.75 Å². The number of nitrogens with zero attached hydrogens (tertiary/aromatic N) is 4. The van der Waals surface area contributed by atoms with Crippen LogP contribution < -0.4 is 15.8 Å². The maximum atomic E-state index is 5.85. The highest BCUT2D eigenvalue weighted by Crippen LogP contribution is 2.19. The molecule has 1 aromatic heterocycles. The molecule has 0 aliphatic heterocycles. The molecule has 0 amide bonds. The minimum Gasteiger partial charge on any atom is -0.497 e. The van der Waals surface area contributed by atoms with E-state index in [4.69, 9.17) is 10.5 Å². The maximum absolute atomic E-state index is 5.85. The number of benzene rings is 2. The Bertz CT molecular complexity index is 856. The Morgan fingerprint density at radius 1 is 1.00 bits per heavy atom. The maximum Gasteiger partial charge on any atom is 0.232 e. The van der Waals surface area contributed by atoms with Crippen LogP contribution >= 0.6 is 0 Å². The summed E-state index contributed by atoms with van der Waals surface area (Å²) in [6.45, 7) is 1.36. The molecule has 3 rings (SSSR count). The van der Waals surface area contributed by atoms with Gasteiger partial charge in [-0.05, 0) is 24.7 Å². The molecule has 0 unspecified atom stereocenters. The molecule has 7 nitrogen and oxygen atoms in total. The Morgan fingerprint density at radius 3 is 2.58 bits per heavy atom. The minimum absolute atomic E-state index is 0.188. The molecule has 0 bridgehead atoms. The van der Waals surface area contributed by atoms with E-state index in [9.17, 15) is 0 Å². The number of aromatic nitrogens is 3. The highest BCUT2D eigenvalue weighted by atomic mass is 16.5. The first-order valence-corrected chi connectivity index (χ1v) is 8.26. The molecule has 0 aliphatic rings. The quantitative estimate of drug-likeness (QED) is 0.677. The van der Waals surface area contributed by atoms with Gasteiger partial charge in [-0.2, -0.15) is 15.0 Å². The molecule has 134 valence electrons. The van der Waals surface area contributed by atoms with Gasteiger partial charge in [0, 0.05) is 18.3 Å². The second kappa shape index (κ2) is 8.26. The van der Waals surface area contributed by atoms with Gasteiger partial charge in [0.15, 0.2) is 0 Å². The van der Waals surface area contributed by atoms with E-state index in [2.05, 4.69) is 37.3 Å². The summed E-state index contributed by atoms with van der Waals surface area (Å²) < 4.78 is 5.22. The Kier molecular flexibility index (Phi) is 5.60. The van der Waals surface area contributed by atoms with Gasteiger partial charge in [-0.1, -0.05) is 36.4 Å². The van der Waals surface area contributed by atoms with E-state index in [0.717, 1.165) is 18.0 Å². The predicted molar refractivity (Wildman–Crippen MR) is 102 cm³/mol. The van der Waals surface area contributed by atoms with Gasteiger partial charge in [0.05, 0.1) is 13.7 Å². The van der Waals surface area contributed by atoms with Gasteiger partial charge in [-0.3, -0.25) is 4.90 Å². The van der Waals surface area contributed by atoms with Crippen molar-refractivity contribution in [1.82, 2.24) is 19.9 Å². The number of rotatable bonds is 7. The number of nitrogens with two attached hydrogens (primary N) is 1. The van der Waals surface area contributed by atoms with Crippen LogP contribution in [0.3, 0.4) is 0 Å². The van der Waals surface area contributed by atoms with Gasteiger partial charge >= 0.3 is 0 Å². The SMILES string of the molecule is COc1cccc(Nc2nc(N)nc(CN(C)Cc3ccccc3)n2)c1. The molecule has 0 atom stereocenters. The summed E-state index contributed by atoms with van der Waals surface area (Å²) in [5.74, 6) is 1.96. The molecule has 7 heteroatoms. The number of nitrogen functional groups attached to an aromatic ring is 1. The summed E-state index contributed by atoms with van der Waals surface area (Å²) in [5, 5.41) is 3.14. The van der Waals surface area contributed by atoms with Crippen molar-refractivity contribution in [2.45, 2.75) is 13.1 Å². The molecular weight excluding hydrogens is 328 g/mol. The summed E-state index contributed by atoms with van der Waals surface area (Å²) in [4.78, 5) is 15.0. The lowest BCUT2D eigenvalue weighted by Gasteiger charge is -2.16. The fraction of sp³-hybridized carbons (Fsp3) is 0.211. The molecule has 0 fully saturated rings. The second-order valence-electron chi connectivity index (χ2n) is 5.95. The highest BCUT2D eigenvalue weighted by Gasteiger charge is 2.09. The average Bonchev–Trinajstić information content (AvgIpc) is 2.62. The average molecular weight is 350 g/mol. The van der Waals surface area contributed by atoms with Crippen molar-refractivity contribution in [2.75, 3.05) is 25.2 Å². The Labute approximate surface area is 152 Å². The lowest BCUT2D eigenvalue weighted by Crippen LogP contribution is -2.20. The zero-order valence-electron chi connectivity index (χ0n) is 14.9. The Morgan fingerprint density at radius 2 is 1.81 bits per heavy atom. The van der Waals surface area contributed by atoms with Gasteiger partial charge in [0.2, 0.25) is 11.9 Å². The summed E-state index contributed by atoms with van der Waals surface area (Å²) >= 11 is 0. The lowest BCUT2D eigenvalue weighted by molar-refractivity contribution is 0.310. The first-order chi connectivity index (χ1) is 12.6. The van der Waals surface area contributed by atoms with E-state index >= 15 is 0 Å². The van der Waals surface area contributed by atoms with Crippen LogP contribution in [0.15, 0.2) is 54.6 Å². The number of ether oxygens (including phenoxy) is 1. The van der Waals surface area contributed by atoms with Gasteiger partial charge in [-0.25, -0.2) is 0 Å². The number of hydrogen-bond donors (Lipinski definition) is 2. The van der Waals surface area contributed by atoms with Crippen molar-refractivity contribution in [3.05, 3.63) is 66.0 Å². The van der Waals surface area contributed by atoms with E-state index in [1.165, 1.54) is 5.56 Å². The number of nitrogens with one attached hydrogen (secondary N) is 1. The lowest BCUT2D eigenvalue weighted by atomic mass is 10.2. The molecule has 0 saturated heterocycles. The van der Waals surface area contributed by atoms with Crippen LogP contribution in [0.25, 0.3) is 0 Å². The minimum atomic E-state index is 0.188. The Balaban J connectivity index is 1.70. The van der Waals surface area contributed by atoms with E-state index in [1.807, 2.05) is 49.5 Å². The fourth-order valence-electron chi connectivity index (χ4n) is 2.59. The van der Waals surface area contributed by atoms with Crippen LogP contribution in [0.2, 0.25) is 0 Å². The fourth-order valence-corrected chi connectivity index (χ4v) is 2.59. The number of hydrogen-bond acceptors (Lipinski definition) is 7. The van der Waals surface area contributed by atoms with Crippen LogP contribution in [0.1, 0.15) is 11.4 Å². The summed E-state index contributed by atoms with van der Waals surface area (Å²) in [6.07, 6.45) is 0. The van der Waals surface area contributed by atoms with Crippen molar-refractivity contribution in [1.29, 1.82) is 0 Å². The van der Waals surface area contributed by atoms with Gasteiger partial charge in [-0.15, -0.1) is 0 Å². The van der Waals surface area contributed by atoms with Crippen LogP contribution in [-0.2, 0) is 13.1 Å². The topological polar surface area (TPSA) is 89.2 Å². The first kappa shape index (κ1) is 17.6. The third-order valence-corrected chi connectivity index (χ3v) is 3.73. The third kappa shape index (κ3) is 4.90. The molecule has 26 heavy (non-hydrogen) atoms. The van der Waals surface area contributed by atoms with E-state index < -0.39 is 0 Å². The zero-order chi connectivity index (χ0) is 18.4. The molecule has 3 N–H and O–H groups in total. The third-order valence-electron chi connectivity index (χ3n) is 3.73. The zero-order valence-corrected chi connectivity index (χ0v) is 14.9. The molecule has 0 spiro atoms. The molecule has 3 aromatic rings. The molecule has 2 aromatic carbocycles. The van der Waals surface area contributed by atoms with Crippen molar-refractivity contribution >= 4 is 17.6 Å². The molecule has 0 aliphatic carbocycles. The van der Waals surface area contributed by atoms with Crippen LogP contribution in [0.4, 0.5) is 17.6 Å². The van der Waals surface area contributed by atoms with Crippen molar-refractivity contribution in [2.24, 2.45) is 0 Å². The summed E-state index contributed by atoms with van der Waals surface area (Å²) in [7, 11) is 3.64. The second-order valence-corrected chi connectivity index (χ2v) is 5.95. The highest BCUT2D eigenvalue weighted by molar-refractivity contribution is 5.56. The van der Waals surface area contributed by atoms with Crippen molar-refractivity contribution in [3.63, 3.8) is 0 Å². The molecular formula is C19H22N6O. The van der Waals surface area contributed by atoms with E-state index in [0.29, 0.717) is 18.3 Å². The first-order valence-electron chi connectivity index (χ1n) is 8.26. The summed E-state index contributed by atoms with van der Waals surface area (Å²) in [5.41, 5.74) is 7.90. The van der Waals surface area contributed by atoms with Crippen molar-refractivity contribution < 1.29 is 4.74 Å². The smallest absolute Gasteiger partial charge is 0.232 e. The molecule has 0 radical (unpaired) electrons. The van der Waals surface area contributed by atoms with Gasteiger partial charge in [0.1, 0.15) is 11.6 Å². The van der Waals surface area contributed by atoms with Crippen molar-refractivity contribution in [3.8, 4) is 5.75 Å².